The van der Waals surface area contributed by atoms with E-state index in [-0.39, 0.29) is 37.6 Å². The van der Waals surface area contributed by atoms with Gasteiger partial charge in [0.25, 0.3) is 0 Å². The van der Waals surface area contributed by atoms with Crippen LogP contribution in [0.2, 0.25) is 0 Å². The van der Waals surface area contributed by atoms with Crippen LogP contribution in [0.15, 0.2) is 24.3 Å². The van der Waals surface area contributed by atoms with E-state index in [0.717, 1.165) is 18.8 Å². The zero-order valence-corrected chi connectivity index (χ0v) is 8.52. The Balaban J connectivity index is 0. The van der Waals surface area contributed by atoms with Gasteiger partial charge in [0, 0.05) is 17.4 Å². The molecular formula is C9H11CrLiO. The van der Waals surface area contributed by atoms with Crippen molar-refractivity contribution in [3.05, 3.63) is 29.8 Å². The van der Waals surface area contributed by atoms with E-state index in [2.05, 4.69) is 12.1 Å². The van der Waals surface area contributed by atoms with Crippen molar-refractivity contribution in [1.29, 1.82) is 0 Å². The molecule has 1 aliphatic rings. The van der Waals surface area contributed by atoms with Crippen LogP contribution in [0.4, 0.5) is 0 Å². The molecule has 1 aromatic rings. The third-order valence-electron chi connectivity index (χ3n) is 1.82. The molecule has 2 rings (SSSR count). The topological polar surface area (TPSA) is 9.23 Å². The quantitative estimate of drug-likeness (QED) is 0.488. The van der Waals surface area contributed by atoms with Gasteiger partial charge < -0.3 is 6.16 Å². The average Bonchev–Trinajstić information content (AvgIpc) is 2.05. The molecule has 0 amide bonds. The van der Waals surface area contributed by atoms with Crippen LogP contribution < -0.4 is 23.6 Å². The zero-order valence-electron chi connectivity index (χ0n) is 8.25. The summed E-state index contributed by atoms with van der Waals surface area (Å²) in [7, 11) is 0. The van der Waals surface area contributed by atoms with Gasteiger partial charge in [-0.2, -0.15) is 0 Å². The van der Waals surface area contributed by atoms with Gasteiger partial charge in [0.05, 0.1) is 6.61 Å². The van der Waals surface area contributed by atoms with E-state index < -0.39 is 0 Å². The van der Waals surface area contributed by atoms with Crippen molar-refractivity contribution in [3.63, 3.8) is 0 Å². The summed E-state index contributed by atoms with van der Waals surface area (Å²) in [4.78, 5) is 0. The van der Waals surface area contributed by atoms with Gasteiger partial charge in [0.15, 0.2) is 0 Å². The Morgan fingerprint density at radius 1 is 1.25 bits per heavy atom. The number of para-hydroxylation sites is 1. The Bertz CT molecular complexity index is 220. The van der Waals surface area contributed by atoms with Gasteiger partial charge in [-0.3, -0.25) is 0 Å². The van der Waals surface area contributed by atoms with Crippen molar-refractivity contribution < 1.29 is 42.4 Å². The van der Waals surface area contributed by atoms with Crippen molar-refractivity contribution in [2.24, 2.45) is 0 Å². The number of fused-ring (bicyclic) bond motifs is 1. The van der Waals surface area contributed by atoms with Crippen molar-refractivity contribution >= 4 is 0 Å². The van der Waals surface area contributed by atoms with Crippen LogP contribution >= 0.6 is 0 Å². The minimum Gasteiger partial charge on any atom is -1.00 e. The number of rotatable bonds is 0. The second kappa shape index (κ2) is 5.74. The van der Waals surface area contributed by atoms with Crippen LogP contribution in [-0.4, -0.2) is 6.61 Å². The predicted octanol–water partition coefficient (Wildman–Crippen LogP) is -0.874. The second-order valence-electron chi connectivity index (χ2n) is 2.56. The summed E-state index contributed by atoms with van der Waals surface area (Å²) in [6.07, 6.45) is 2.34. The second-order valence-corrected chi connectivity index (χ2v) is 2.56. The fourth-order valence-corrected chi connectivity index (χ4v) is 1.30. The van der Waals surface area contributed by atoms with Crippen molar-refractivity contribution in [2.75, 3.05) is 6.61 Å². The number of aryl methyl sites for hydroxylation is 1. The summed E-state index contributed by atoms with van der Waals surface area (Å²) >= 11 is 0. The monoisotopic (exact) mass is 194 g/mol. The Labute approximate surface area is 97.3 Å². The Morgan fingerprint density at radius 3 is 2.75 bits per heavy atom. The molecule has 0 bridgehead atoms. The minimum absolute atomic E-state index is 0. The molecule has 3 heteroatoms. The maximum absolute atomic E-state index is 5.42. The normalized spacial score (nSPS) is 13.0. The maximum Gasteiger partial charge on any atom is 1.00 e. The number of hydrogen-bond acceptors (Lipinski definition) is 1. The first-order valence-corrected chi connectivity index (χ1v) is 3.67. The van der Waals surface area contributed by atoms with Crippen molar-refractivity contribution in [2.45, 2.75) is 12.8 Å². The van der Waals surface area contributed by atoms with E-state index in [4.69, 9.17) is 4.74 Å². The standard InChI is InChI=1S/C9H10O.Cr.Li.H/c1-2-6-9-8(4-1)5-3-7-10-9;;;/h1-2,4,6H,3,5,7H2;;;/q;;+1;-1. The van der Waals surface area contributed by atoms with Crippen molar-refractivity contribution in [1.82, 2.24) is 0 Å². The molecule has 1 aromatic carbocycles. The van der Waals surface area contributed by atoms with Gasteiger partial charge in [-0.05, 0) is 24.5 Å². The molecule has 0 atom stereocenters. The third-order valence-corrected chi connectivity index (χ3v) is 1.82. The summed E-state index contributed by atoms with van der Waals surface area (Å²) in [6.45, 7) is 0.886. The molecule has 0 fully saturated rings. The Kier molecular flexibility index (Phi) is 5.81. The molecule has 0 saturated heterocycles. The summed E-state index contributed by atoms with van der Waals surface area (Å²) in [5, 5.41) is 0. The van der Waals surface area contributed by atoms with Crippen LogP contribution in [0.25, 0.3) is 0 Å². The molecule has 0 radical (unpaired) electrons. The molecule has 12 heavy (non-hydrogen) atoms. The van der Waals surface area contributed by atoms with Crippen molar-refractivity contribution in [3.8, 4) is 5.75 Å². The smallest absolute Gasteiger partial charge is 1.00 e. The number of ether oxygens (including phenoxy) is 1. The van der Waals surface area contributed by atoms with Gasteiger partial charge in [0.2, 0.25) is 0 Å². The first kappa shape index (κ1) is 12.1. The number of hydrogen-bond donors (Lipinski definition) is 0. The number of benzene rings is 1. The van der Waals surface area contributed by atoms with E-state index >= 15 is 0 Å². The molecular weight excluding hydrogens is 183 g/mol. The van der Waals surface area contributed by atoms with Crippen LogP contribution in [0.3, 0.4) is 0 Å². The minimum atomic E-state index is 0. The van der Waals surface area contributed by atoms with Gasteiger partial charge >= 0.3 is 18.9 Å². The molecule has 1 nitrogen and oxygen atoms in total. The molecule has 1 aliphatic heterocycles. The molecule has 1 heterocycles. The van der Waals surface area contributed by atoms with Gasteiger partial charge in [-0.25, -0.2) is 0 Å². The maximum atomic E-state index is 5.42. The first-order valence-electron chi connectivity index (χ1n) is 3.67. The molecule has 0 spiro atoms. The molecule has 0 unspecified atom stereocenters. The summed E-state index contributed by atoms with van der Waals surface area (Å²) < 4.78 is 5.42. The van der Waals surface area contributed by atoms with E-state index in [0.29, 0.717) is 0 Å². The molecule has 60 valence electrons. The van der Waals surface area contributed by atoms with Crippen LogP contribution in [0, 0.1) is 0 Å². The zero-order chi connectivity index (χ0) is 6.81. The van der Waals surface area contributed by atoms with E-state index in [1.165, 1.54) is 12.0 Å². The molecule has 0 aromatic heterocycles. The largest absolute Gasteiger partial charge is 1.00 e. The van der Waals surface area contributed by atoms with Gasteiger partial charge in [-0.15, -0.1) is 0 Å². The van der Waals surface area contributed by atoms with Crippen LogP contribution in [0.5, 0.6) is 5.75 Å². The molecule has 0 N–H and O–H groups in total. The van der Waals surface area contributed by atoms with E-state index in [1.54, 1.807) is 0 Å². The summed E-state index contributed by atoms with van der Waals surface area (Å²) in [5.74, 6) is 1.08. The van der Waals surface area contributed by atoms with Gasteiger partial charge in [0.1, 0.15) is 5.75 Å². The fourth-order valence-electron chi connectivity index (χ4n) is 1.30. The summed E-state index contributed by atoms with van der Waals surface area (Å²) in [5.41, 5.74) is 1.36. The Hall–Kier alpha value is 0.150. The third kappa shape index (κ3) is 2.58. The van der Waals surface area contributed by atoms with E-state index in [1.807, 2.05) is 12.1 Å². The Morgan fingerprint density at radius 2 is 2.00 bits per heavy atom. The van der Waals surface area contributed by atoms with Crippen LogP contribution in [0.1, 0.15) is 13.4 Å². The average molecular weight is 194 g/mol. The molecule has 0 aliphatic carbocycles. The SMILES string of the molecule is [Cr].[H-].[Li+].c1ccc2c(c1)CCCO2. The first-order chi connectivity index (χ1) is 4.97. The van der Waals surface area contributed by atoms with Gasteiger partial charge in [-0.1, -0.05) is 18.2 Å². The fraction of sp³-hybridized carbons (Fsp3) is 0.333. The summed E-state index contributed by atoms with van der Waals surface area (Å²) in [6, 6.07) is 8.25. The van der Waals surface area contributed by atoms with E-state index in [9.17, 15) is 0 Å². The van der Waals surface area contributed by atoms with Crippen LogP contribution in [-0.2, 0) is 23.8 Å². The molecule has 0 saturated carbocycles. The predicted molar refractivity (Wildman–Crippen MR) is 41.4 cm³/mol.